The number of likely N-dealkylation sites (tertiary alicyclic amines) is 1. The largest absolute Gasteiger partial charge is 0.394 e. The van der Waals surface area contributed by atoms with E-state index in [-0.39, 0.29) is 18.6 Å². The van der Waals surface area contributed by atoms with Gasteiger partial charge in [-0.1, -0.05) is 12.8 Å². The minimum absolute atomic E-state index is 0.0177. The molecule has 1 N–H and O–H groups in total. The molecule has 20 heavy (non-hydrogen) atoms. The first-order valence-electron chi connectivity index (χ1n) is 7.83. The highest BCUT2D eigenvalue weighted by Crippen LogP contribution is 2.31. The van der Waals surface area contributed by atoms with Crippen LogP contribution in [0.5, 0.6) is 0 Å². The Labute approximate surface area is 124 Å². The van der Waals surface area contributed by atoms with E-state index >= 15 is 0 Å². The molecule has 4 heteroatoms. The molecule has 1 aliphatic heterocycles. The minimum atomic E-state index is 0.0177. The van der Waals surface area contributed by atoms with Crippen molar-refractivity contribution in [2.45, 2.75) is 57.4 Å². The van der Waals surface area contributed by atoms with Crippen molar-refractivity contribution in [2.24, 2.45) is 0 Å². The zero-order valence-electron chi connectivity index (χ0n) is 11.9. The molecule has 0 saturated carbocycles. The number of hydrogen-bond donors (Lipinski definition) is 1. The first-order chi connectivity index (χ1) is 9.79. The normalized spacial score (nSPS) is 23.2. The Balaban J connectivity index is 1.81. The summed E-state index contributed by atoms with van der Waals surface area (Å²) in [5.74, 6) is 0.144. The third-order valence-corrected chi connectivity index (χ3v) is 5.78. The van der Waals surface area contributed by atoms with Crippen LogP contribution in [0.4, 0.5) is 0 Å². The van der Waals surface area contributed by atoms with Crippen LogP contribution in [-0.4, -0.2) is 35.1 Å². The monoisotopic (exact) mass is 293 g/mol. The molecule has 0 aromatic carbocycles. The van der Waals surface area contributed by atoms with Crippen molar-refractivity contribution in [1.29, 1.82) is 0 Å². The maximum absolute atomic E-state index is 12.8. The molecule has 1 aromatic rings. The highest BCUT2D eigenvalue weighted by atomic mass is 32.1. The summed E-state index contributed by atoms with van der Waals surface area (Å²) >= 11 is 1.68. The molecule has 1 atom stereocenters. The second-order valence-corrected chi connectivity index (χ2v) is 7.09. The minimum Gasteiger partial charge on any atom is -0.394 e. The van der Waals surface area contributed by atoms with Crippen molar-refractivity contribution >= 4 is 17.2 Å². The van der Waals surface area contributed by atoms with Gasteiger partial charge in [0.15, 0.2) is 0 Å². The maximum atomic E-state index is 12.8. The third-order valence-electron chi connectivity index (χ3n) is 4.56. The number of aliphatic hydroxyl groups is 1. The van der Waals surface area contributed by atoms with E-state index in [1.165, 1.54) is 29.7 Å². The number of hydrogen-bond acceptors (Lipinski definition) is 3. The third kappa shape index (κ3) is 2.77. The van der Waals surface area contributed by atoms with E-state index in [9.17, 15) is 9.90 Å². The summed E-state index contributed by atoms with van der Waals surface area (Å²) in [5, 5.41) is 9.55. The number of nitrogens with zero attached hydrogens (tertiary/aromatic N) is 1. The number of fused-ring (bicyclic) bond motifs is 1. The molecule has 1 saturated heterocycles. The van der Waals surface area contributed by atoms with Crippen LogP contribution in [0, 0.1) is 0 Å². The molecule has 3 nitrogen and oxygen atoms in total. The van der Waals surface area contributed by atoms with Gasteiger partial charge in [-0.3, -0.25) is 4.79 Å². The predicted molar refractivity (Wildman–Crippen MR) is 81.3 cm³/mol. The fourth-order valence-corrected chi connectivity index (χ4v) is 4.58. The van der Waals surface area contributed by atoms with Crippen molar-refractivity contribution < 1.29 is 9.90 Å². The van der Waals surface area contributed by atoms with Gasteiger partial charge < -0.3 is 10.0 Å². The summed E-state index contributed by atoms with van der Waals surface area (Å²) in [6, 6.07) is 2.13. The van der Waals surface area contributed by atoms with Gasteiger partial charge in [0.05, 0.1) is 17.5 Å². The number of aryl methyl sites for hydroxylation is 2. The van der Waals surface area contributed by atoms with Gasteiger partial charge in [-0.15, -0.1) is 11.3 Å². The van der Waals surface area contributed by atoms with E-state index in [1.54, 1.807) is 11.3 Å². The summed E-state index contributed by atoms with van der Waals surface area (Å²) in [5.41, 5.74) is 1.39. The Hall–Kier alpha value is -0.870. The first kappa shape index (κ1) is 14.1. The van der Waals surface area contributed by atoms with E-state index in [0.29, 0.717) is 0 Å². The van der Waals surface area contributed by atoms with E-state index in [2.05, 4.69) is 6.07 Å². The molecule has 1 aliphatic carbocycles. The van der Waals surface area contributed by atoms with E-state index < -0.39 is 0 Å². The lowest BCUT2D eigenvalue weighted by Crippen LogP contribution is -2.41. The average Bonchev–Trinajstić information content (AvgIpc) is 2.77. The Bertz CT molecular complexity index is 459. The molecule has 3 rings (SSSR count). The Morgan fingerprint density at radius 3 is 2.90 bits per heavy atom. The predicted octanol–water partition coefficient (Wildman–Crippen LogP) is 3.00. The van der Waals surface area contributed by atoms with Crippen LogP contribution < -0.4 is 0 Å². The van der Waals surface area contributed by atoms with E-state index in [4.69, 9.17) is 0 Å². The standard InChI is InChI=1S/C16H23NO2S/c18-11-13-7-2-1-5-9-17(13)16(19)15-10-12-6-3-4-8-14(12)20-15/h10,13,18H,1-9,11H2. The van der Waals surface area contributed by atoms with Gasteiger partial charge in [-0.05, 0) is 50.2 Å². The molecule has 1 unspecified atom stereocenters. The fraction of sp³-hybridized carbons (Fsp3) is 0.688. The number of carbonyl (C=O) groups excluding carboxylic acids is 1. The van der Waals surface area contributed by atoms with E-state index in [1.807, 2.05) is 4.90 Å². The zero-order valence-corrected chi connectivity index (χ0v) is 12.8. The average molecular weight is 293 g/mol. The second-order valence-electron chi connectivity index (χ2n) is 5.95. The summed E-state index contributed by atoms with van der Waals surface area (Å²) < 4.78 is 0. The fourth-order valence-electron chi connectivity index (χ4n) is 3.37. The lowest BCUT2D eigenvalue weighted by molar-refractivity contribution is 0.0604. The van der Waals surface area contributed by atoms with E-state index in [0.717, 1.165) is 43.5 Å². The van der Waals surface area contributed by atoms with Crippen molar-refractivity contribution in [2.75, 3.05) is 13.2 Å². The van der Waals surface area contributed by atoms with Crippen LogP contribution in [0.15, 0.2) is 6.07 Å². The SMILES string of the molecule is O=C(c1cc2c(s1)CCCC2)N1CCCCCC1CO. The molecule has 0 bridgehead atoms. The van der Waals surface area contributed by atoms with Crippen molar-refractivity contribution in [3.8, 4) is 0 Å². The molecular formula is C16H23NO2S. The summed E-state index contributed by atoms with van der Waals surface area (Å²) in [6.07, 6.45) is 9.06. The topological polar surface area (TPSA) is 40.5 Å². The number of rotatable bonds is 2. The molecule has 0 spiro atoms. The second kappa shape index (κ2) is 6.27. The molecular weight excluding hydrogens is 270 g/mol. The van der Waals surface area contributed by atoms with Gasteiger partial charge in [0.25, 0.3) is 5.91 Å². The van der Waals surface area contributed by atoms with Crippen LogP contribution in [0.3, 0.4) is 0 Å². The van der Waals surface area contributed by atoms with Crippen LogP contribution in [0.1, 0.15) is 58.6 Å². The molecule has 110 valence electrons. The quantitative estimate of drug-likeness (QED) is 0.910. The molecule has 1 fully saturated rings. The molecule has 2 heterocycles. The first-order valence-corrected chi connectivity index (χ1v) is 8.64. The van der Waals surface area contributed by atoms with Gasteiger partial charge >= 0.3 is 0 Å². The lowest BCUT2D eigenvalue weighted by Gasteiger charge is -2.28. The highest BCUT2D eigenvalue weighted by molar-refractivity contribution is 7.14. The number of aliphatic hydroxyl groups excluding tert-OH is 1. The number of amides is 1. The van der Waals surface area contributed by atoms with Crippen molar-refractivity contribution in [3.05, 3.63) is 21.4 Å². The number of carbonyl (C=O) groups is 1. The molecule has 1 aromatic heterocycles. The van der Waals surface area contributed by atoms with Crippen LogP contribution in [0.25, 0.3) is 0 Å². The van der Waals surface area contributed by atoms with Crippen LogP contribution >= 0.6 is 11.3 Å². The molecule has 1 amide bonds. The number of thiophene rings is 1. The molecule has 2 aliphatic rings. The molecule has 0 radical (unpaired) electrons. The van der Waals surface area contributed by atoms with Crippen molar-refractivity contribution in [3.63, 3.8) is 0 Å². The lowest BCUT2D eigenvalue weighted by atomic mass is 9.99. The van der Waals surface area contributed by atoms with Gasteiger partial charge in [-0.2, -0.15) is 0 Å². The van der Waals surface area contributed by atoms with Crippen LogP contribution in [-0.2, 0) is 12.8 Å². The van der Waals surface area contributed by atoms with Gasteiger partial charge in [-0.25, -0.2) is 0 Å². The maximum Gasteiger partial charge on any atom is 0.264 e. The smallest absolute Gasteiger partial charge is 0.264 e. The van der Waals surface area contributed by atoms with Gasteiger partial charge in [0, 0.05) is 11.4 Å². The zero-order chi connectivity index (χ0) is 13.9. The Kier molecular flexibility index (Phi) is 4.41. The highest BCUT2D eigenvalue weighted by Gasteiger charge is 2.27. The van der Waals surface area contributed by atoms with Gasteiger partial charge in [0.2, 0.25) is 0 Å². The van der Waals surface area contributed by atoms with Gasteiger partial charge in [0.1, 0.15) is 0 Å². The van der Waals surface area contributed by atoms with Crippen LogP contribution in [0.2, 0.25) is 0 Å². The summed E-state index contributed by atoms with van der Waals surface area (Å²) in [6.45, 7) is 0.892. The summed E-state index contributed by atoms with van der Waals surface area (Å²) in [7, 11) is 0. The Morgan fingerprint density at radius 2 is 2.10 bits per heavy atom. The summed E-state index contributed by atoms with van der Waals surface area (Å²) in [4.78, 5) is 17.0. The Morgan fingerprint density at radius 1 is 1.25 bits per heavy atom. The van der Waals surface area contributed by atoms with Crippen molar-refractivity contribution in [1.82, 2.24) is 4.90 Å².